The maximum atomic E-state index is 11.1. The van der Waals surface area contributed by atoms with Gasteiger partial charge >= 0.3 is 5.97 Å². The van der Waals surface area contributed by atoms with Crippen molar-refractivity contribution >= 4 is 5.97 Å². The summed E-state index contributed by atoms with van der Waals surface area (Å²) >= 11 is 0. The molecular weight excluding hydrogens is 330 g/mol. The van der Waals surface area contributed by atoms with E-state index in [4.69, 9.17) is 9.52 Å². The molecule has 4 rings (SSSR count). The number of nitrogens with one attached hydrogen (secondary N) is 1. The number of piperidine rings is 1. The first kappa shape index (κ1) is 17.2. The lowest BCUT2D eigenvalue weighted by Crippen LogP contribution is -2.26. The molecule has 2 aromatic rings. The molecule has 1 saturated carbocycles. The third-order valence-corrected chi connectivity index (χ3v) is 5.83. The van der Waals surface area contributed by atoms with Gasteiger partial charge in [-0.15, -0.1) is 10.2 Å². The number of nitrogens with zero attached hydrogens (tertiary/aromatic N) is 2. The fourth-order valence-corrected chi connectivity index (χ4v) is 4.16. The maximum absolute atomic E-state index is 11.1. The number of hydrogen-bond donors (Lipinski definition) is 2. The van der Waals surface area contributed by atoms with Crippen molar-refractivity contribution in [1.82, 2.24) is 15.5 Å². The molecule has 0 radical (unpaired) electrons. The summed E-state index contributed by atoms with van der Waals surface area (Å²) in [5.41, 5.74) is 2.32. The van der Waals surface area contributed by atoms with Gasteiger partial charge < -0.3 is 14.8 Å². The van der Waals surface area contributed by atoms with Crippen LogP contribution in [0.5, 0.6) is 0 Å². The Labute approximate surface area is 153 Å². The van der Waals surface area contributed by atoms with E-state index in [0.29, 0.717) is 30.5 Å². The lowest BCUT2D eigenvalue weighted by atomic mass is 9.82. The Hall–Kier alpha value is -2.21. The molecule has 138 valence electrons. The molecule has 1 aromatic carbocycles. The van der Waals surface area contributed by atoms with Gasteiger partial charge in [0.1, 0.15) is 0 Å². The Morgan fingerprint density at radius 1 is 0.962 bits per heavy atom. The highest BCUT2D eigenvalue weighted by Crippen LogP contribution is 2.36. The smallest absolute Gasteiger partial charge is 0.306 e. The van der Waals surface area contributed by atoms with Crippen LogP contribution in [0.4, 0.5) is 0 Å². The summed E-state index contributed by atoms with van der Waals surface area (Å²) < 4.78 is 5.91. The van der Waals surface area contributed by atoms with Crippen molar-refractivity contribution < 1.29 is 14.3 Å². The molecule has 2 heterocycles. The fraction of sp³-hybridized carbons (Fsp3) is 0.550. The maximum Gasteiger partial charge on any atom is 0.306 e. The van der Waals surface area contributed by atoms with Crippen molar-refractivity contribution in [1.29, 1.82) is 0 Å². The first-order chi connectivity index (χ1) is 12.7. The van der Waals surface area contributed by atoms with Gasteiger partial charge in [-0.2, -0.15) is 0 Å². The average Bonchev–Trinajstić information content (AvgIpc) is 3.19. The van der Waals surface area contributed by atoms with Gasteiger partial charge in [0, 0.05) is 11.5 Å². The number of carboxylic acids is 1. The summed E-state index contributed by atoms with van der Waals surface area (Å²) in [5.74, 6) is 1.09. The van der Waals surface area contributed by atoms with Crippen LogP contribution in [0.2, 0.25) is 0 Å². The van der Waals surface area contributed by atoms with E-state index in [9.17, 15) is 4.79 Å². The second-order valence-electron chi connectivity index (χ2n) is 7.48. The molecule has 26 heavy (non-hydrogen) atoms. The minimum Gasteiger partial charge on any atom is -0.481 e. The molecular formula is C20H25N3O3. The highest BCUT2D eigenvalue weighted by atomic mass is 16.4. The molecule has 1 saturated heterocycles. The predicted molar refractivity (Wildman–Crippen MR) is 96.9 cm³/mol. The summed E-state index contributed by atoms with van der Waals surface area (Å²) in [7, 11) is 0. The van der Waals surface area contributed by atoms with Crippen molar-refractivity contribution in [2.75, 3.05) is 13.1 Å². The van der Waals surface area contributed by atoms with E-state index >= 15 is 0 Å². The number of carboxylic acid groups (broad SMARTS) is 1. The lowest BCUT2D eigenvalue weighted by molar-refractivity contribution is -0.142. The Bertz CT molecular complexity index is 742. The third-order valence-electron chi connectivity index (χ3n) is 5.83. The summed E-state index contributed by atoms with van der Waals surface area (Å²) in [6.07, 6.45) is 5.33. The van der Waals surface area contributed by atoms with E-state index in [2.05, 4.69) is 39.8 Å². The van der Waals surface area contributed by atoms with Crippen LogP contribution in [0.25, 0.3) is 11.5 Å². The zero-order chi connectivity index (χ0) is 17.9. The first-order valence-corrected chi connectivity index (χ1v) is 9.58. The summed E-state index contributed by atoms with van der Waals surface area (Å²) in [6, 6.07) is 8.48. The van der Waals surface area contributed by atoms with Gasteiger partial charge in [-0.1, -0.05) is 12.1 Å². The van der Waals surface area contributed by atoms with Crippen molar-refractivity contribution in [3.05, 3.63) is 35.7 Å². The third kappa shape index (κ3) is 3.65. The van der Waals surface area contributed by atoms with Crippen molar-refractivity contribution in [3.8, 4) is 11.5 Å². The molecule has 1 aromatic heterocycles. The summed E-state index contributed by atoms with van der Waals surface area (Å²) in [6.45, 7) is 2.17. The second kappa shape index (κ2) is 7.58. The first-order valence-electron chi connectivity index (χ1n) is 9.58. The van der Waals surface area contributed by atoms with Gasteiger partial charge in [0.05, 0.1) is 5.92 Å². The van der Waals surface area contributed by atoms with Crippen LogP contribution in [-0.2, 0) is 4.79 Å². The molecule has 1 aliphatic carbocycles. The Morgan fingerprint density at radius 2 is 1.65 bits per heavy atom. The summed E-state index contributed by atoms with van der Waals surface area (Å²) in [5, 5.41) is 20.9. The molecule has 6 heteroatoms. The van der Waals surface area contributed by atoms with Crippen molar-refractivity contribution in [3.63, 3.8) is 0 Å². The average molecular weight is 355 g/mol. The van der Waals surface area contributed by atoms with Crippen LogP contribution in [0, 0.1) is 5.92 Å². The standard InChI is InChI=1S/C20H25N3O3/c24-20(25)17-7-5-16(6-8-17)19-23-22-18(26-19)15-3-1-13(2-4-15)14-9-11-21-12-10-14/h1-4,14,16-17,21H,5-12H2,(H,24,25). The zero-order valence-electron chi connectivity index (χ0n) is 14.9. The van der Waals surface area contributed by atoms with Crippen LogP contribution >= 0.6 is 0 Å². The zero-order valence-corrected chi connectivity index (χ0v) is 14.9. The van der Waals surface area contributed by atoms with Crippen molar-refractivity contribution in [2.24, 2.45) is 5.92 Å². The topological polar surface area (TPSA) is 88.2 Å². The lowest BCUT2D eigenvalue weighted by Gasteiger charge is -2.23. The van der Waals surface area contributed by atoms with E-state index in [1.807, 2.05) is 0 Å². The quantitative estimate of drug-likeness (QED) is 0.872. The highest BCUT2D eigenvalue weighted by Gasteiger charge is 2.29. The largest absolute Gasteiger partial charge is 0.481 e. The van der Waals surface area contributed by atoms with Gasteiger partial charge in [-0.05, 0) is 75.2 Å². The minimum atomic E-state index is -0.691. The molecule has 2 N–H and O–H groups in total. The number of carbonyl (C=O) groups is 1. The number of hydrogen-bond acceptors (Lipinski definition) is 5. The van der Waals surface area contributed by atoms with Crippen LogP contribution in [0.3, 0.4) is 0 Å². The van der Waals surface area contributed by atoms with Crippen LogP contribution in [-0.4, -0.2) is 34.4 Å². The molecule has 2 fully saturated rings. The van der Waals surface area contributed by atoms with Crippen molar-refractivity contribution in [2.45, 2.75) is 50.4 Å². The van der Waals surface area contributed by atoms with Gasteiger partial charge in [0.25, 0.3) is 0 Å². The molecule has 0 atom stereocenters. The van der Waals surface area contributed by atoms with Crippen LogP contribution in [0.15, 0.2) is 28.7 Å². The Balaban J connectivity index is 1.42. The Kier molecular flexibility index (Phi) is 5.02. The SMILES string of the molecule is O=C(O)C1CCC(c2nnc(-c3ccc(C4CCNCC4)cc3)o2)CC1. The van der Waals surface area contributed by atoms with Crippen LogP contribution in [0.1, 0.15) is 61.8 Å². The fourth-order valence-electron chi connectivity index (χ4n) is 4.16. The van der Waals surface area contributed by atoms with Gasteiger partial charge in [-0.3, -0.25) is 4.79 Å². The number of aliphatic carboxylic acids is 1. The molecule has 6 nitrogen and oxygen atoms in total. The second-order valence-corrected chi connectivity index (χ2v) is 7.48. The molecule has 0 bridgehead atoms. The summed E-state index contributed by atoms with van der Waals surface area (Å²) in [4.78, 5) is 11.1. The van der Waals surface area contributed by atoms with E-state index in [1.165, 1.54) is 18.4 Å². The highest BCUT2D eigenvalue weighted by molar-refractivity contribution is 5.70. The van der Waals surface area contributed by atoms with Gasteiger partial charge in [0.15, 0.2) is 0 Å². The normalized spacial score (nSPS) is 24.5. The van der Waals surface area contributed by atoms with E-state index in [-0.39, 0.29) is 11.8 Å². The number of aromatic nitrogens is 2. The van der Waals surface area contributed by atoms with Gasteiger partial charge in [-0.25, -0.2) is 0 Å². The number of rotatable bonds is 4. The molecule has 0 unspecified atom stereocenters. The molecule has 2 aliphatic rings. The van der Waals surface area contributed by atoms with E-state index in [1.54, 1.807) is 0 Å². The molecule has 0 spiro atoms. The molecule has 1 aliphatic heterocycles. The van der Waals surface area contributed by atoms with Crippen LogP contribution < -0.4 is 5.32 Å². The van der Waals surface area contributed by atoms with Gasteiger partial charge in [0.2, 0.25) is 11.8 Å². The monoisotopic (exact) mass is 355 g/mol. The number of benzene rings is 1. The van der Waals surface area contributed by atoms with E-state index < -0.39 is 5.97 Å². The molecule has 0 amide bonds. The Morgan fingerprint density at radius 3 is 2.31 bits per heavy atom. The predicted octanol–water partition coefficient (Wildman–Crippen LogP) is 3.56. The van der Waals surface area contributed by atoms with E-state index in [0.717, 1.165) is 31.5 Å². The minimum absolute atomic E-state index is 0.181.